The Hall–Kier alpha value is -0.580. The standard InChI is InChI=1S/C11H14INO/c1-11(2,3)8-4-6-9(7-5-8)13-10(12)14/h4-7H,1-3H3,(H,13,14). The lowest BCUT2D eigenvalue weighted by Crippen LogP contribution is -2.11. The monoisotopic (exact) mass is 303 g/mol. The molecule has 1 aromatic carbocycles. The van der Waals surface area contributed by atoms with Crippen LogP contribution in [-0.4, -0.2) is 3.91 Å². The van der Waals surface area contributed by atoms with Gasteiger partial charge in [-0.2, -0.15) is 0 Å². The van der Waals surface area contributed by atoms with E-state index >= 15 is 0 Å². The summed E-state index contributed by atoms with van der Waals surface area (Å²) in [6.07, 6.45) is 0. The summed E-state index contributed by atoms with van der Waals surface area (Å²) in [5, 5.41) is 2.73. The van der Waals surface area contributed by atoms with Gasteiger partial charge in [0, 0.05) is 28.3 Å². The van der Waals surface area contributed by atoms with Gasteiger partial charge in [-0.25, -0.2) is 0 Å². The van der Waals surface area contributed by atoms with Gasteiger partial charge in [-0.3, -0.25) is 4.79 Å². The van der Waals surface area contributed by atoms with E-state index in [2.05, 4.69) is 26.1 Å². The highest BCUT2D eigenvalue weighted by molar-refractivity contribution is 14.1. The van der Waals surface area contributed by atoms with E-state index in [4.69, 9.17) is 0 Å². The van der Waals surface area contributed by atoms with E-state index in [9.17, 15) is 4.79 Å². The second kappa shape index (κ2) is 4.29. The van der Waals surface area contributed by atoms with Gasteiger partial charge in [0.2, 0.25) is 0 Å². The van der Waals surface area contributed by atoms with Crippen LogP contribution in [0.2, 0.25) is 0 Å². The van der Waals surface area contributed by atoms with Crippen molar-refractivity contribution in [1.82, 2.24) is 0 Å². The van der Waals surface area contributed by atoms with Crippen LogP contribution in [-0.2, 0) is 5.41 Å². The maximum absolute atomic E-state index is 10.8. The van der Waals surface area contributed by atoms with Crippen LogP contribution in [0.4, 0.5) is 10.5 Å². The van der Waals surface area contributed by atoms with Gasteiger partial charge in [0.05, 0.1) is 0 Å². The molecule has 0 atom stereocenters. The predicted molar refractivity (Wildman–Crippen MR) is 68.2 cm³/mol. The highest BCUT2D eigenvalue weighted by atomic mass is 127. The summed E-state index contributed by atoms with van der Waals surface area (Å²) in [5.74, 6) is 0. The quantitative estimate of drug-likeness (QED) is 0.475. The number of rotatable bonds is 1. The summed E-state index contributed by atoms with van der Waals surface area (Å²) in [7, 11) is 0. The molecule has 0 unspecified atom stereocenters. The van der Waals surface area contributed by atoms with Crippen molar-refractivity contribution in [1.29, 1.82) is 0 Å². The van der Waals surface area contributed by atoms with Gasteiger partial charge in [0.25, 0.3) is 3.91 Å². The molecule has 0 bridgehead atoms. The highest BCUT2D eigenvalue weighted by Gasteiger charge is 2.12. The number of carbonyl (C=O) groups is 1. The summed E-state index contributed by atoms with van der Waals surface area (Å²) in [6, 6.07) is 7.94. The summed E-state index contributed by atoms with van der Waals surface area (Å²) in [5.41, 5.74) is 2.27. The number of nitrogens with one attached hydrogen (secondary N) is 1. The van der Waals surface area contributed by atoms with Crippen LogP contribution < -0.4 is 5.32 Å². The number of halogens is 1. The van der Waals surface area contributed by atoms with Gasteiger partial charge in [-0.1, -0.05) is 32.9 Å². The zero-order valence-corrected chi connectivity index (χ0v) is 10.8. The third-order valence-corrected chi connectivity index (χ3v) is 2.26. The van der Waals surface area contributed by atoms with Crippen LogP contribution in [0, 0.1) is 0 Å². The Kier molecular flexibility index (Phi) is 3.53. The molecule has 0 radical (unpaired) electrons. The molecule has 1 amide bonds. The van der Waals surface area contributed by atoms with Gasteiger partial charge in [-0.15, -0.1) is 0 Å². The Balaban J connectivity index is 2.84. The molecule has 0 spiro atoms. The molecule has 0 fully saturated rings. The lowest BCUT2D eigenvalue weighted by molar-refractivity contribution is 0.272. The maximum Gasteiger partial charge on any atom is 0.284 e. The van der Waals surface area contributed by atoms with Crippen molar-refractivity contribution in [2.24, 2.45) is 0 Å². The van der Waals surface area contributed by atoms with Crippen molar-refractivity contribution in [3.63, 3.8) is 0 Å². The third kappa shape index (κ3) is 3.29. The first kappa shape index (κ1) is 11.5. The number of carbonyl (C=O) groups excluding carboxylic acids is 1. The fraction of sp³-hybridized carbons (Fsp3) is 0.364. The van der Waals surface area contributed by atoms with E-state index in [0.29, 0.717) is 0 Å². The smallest absolute Gasteiger partial charge is 0.284 e. The van der Waals surface area contributed by atoms with Crippen LogP contribution >= 0.6 is 22.6 Å². The SMILES string of the molecule is CC(C)(C)c1ccc(NC(=O)I)cc1. The van der Waals surface area contributed by atoms with E-state index in [1.54, 1.807) is 22.6 Å². The van der Waals surface area contributed by atoms with Crippen LogP contribution in [0.3, 0.4) is 0 Å². The summed E-state index contributed by atoms with van der Waals surface area (Å²) in [4.78, 5) is 10.8. The molecule has 0 saturated carbocycles. The van der Waals surface area contributed by atoms with Crippen molar-refractivity contribution in [2.45, 2.75) is 26.2 Å². The first-order valence-electron chi connectivity index (χ1n) is 4.46. The average molecular weight is 303 g/mol. The lowest BCUT2D eigenvalue weighted by Gasteiger charge is -2.19. The minimum absolute atomic E-state index is 0.0638. The van der Waals surface area contributed by atoms with Crippen LogP contribution in [0.5, 0.6) is 0 Å². The van der Waals surface area contributed by atoms with Gasteiger partial charge >= 0.3 is 0 Å². The second-order valence-electron chi connectivity index (χ2n) is 4.23. The Morgan fingerprint density at radius 3 is 2.07 bits per heavy atom. The van der Waals surface area contributed by atoms with Crippen molar-refractivity contribution >= 4 is 32.2 Å². The molecule has 0 aliphatic rings. The molecule has 0 aliphatic heterocycles. The fourth-order valence-corrected chi connectivity index (χ4v) is 1.48. The van der Waals surface area contributed by atoms with Crippen molar-refractivity contribution < 1.29 is 4.79 Å². The Labute approximate surface area is 98.2 Å². The fourth-order valence-electron chi connectivity index (χ4n) is 1.17. The topological polar surface area (TPSA) is 29.1 Å². The minimum atomic E-state index is -0.0638. The molecule has 1 N–H and O–H groups in total. The largest absolute Gasteiger partial charge is 0.317 e. The molecule has 76 valence electrons. The van der Waals surface area contributed by atoms with Crippen molar-refractivity contribution in [3.8, 4) is 0 Å². The lowest BCUT2D eigenvalue weighted by atomic mass is 9.87. The van der Waals surface area contributed by atoms with Crippen LogP contribution in [0.25, 0.3) is 0 Å². The molecular weight excluding hydrogens is 289 g/mol. The second-order valence-corrected chi connectivity index (χ2v) is 5.21. The molecule has 0 saturated heterocycles. The van der Waals surface area contributed by atoms with Gasteiger partial charge in [0.15, 0.2) is 0 Å². The third-order valence-electron chi connectivity index (χ3n) is 1.99. The van der Waals surface area contributed by atoms with E-state index in [1.165, 1.54) is 5.56 Å². The summed E-state index contributed by atoms with van der Waals surface area (Å²) >= 11 is 1.72. The number of benzene rings is 1. The Morgan fingerprint density at radius 2 is 1.71 bits per heavy atom. The Morgan fingerprint density at radius 1 is 1.21 bits per heavy atom. The molecule has 2 nitrogen and oxygen atoms in total. The van der Waals surface area contributed by atoms with Gasteiger partial charge in [0.1, 0.15) is 0 Å². The zero-order valence-electron chi connectivity index (χ0n) is 8.60. The van der Waals surface area contributed by atoms with E-state index in [0.717, 1.165) is 5.69 Å². The van der Waals surface area contributed by atoms with Crippen LogP contribution in [0.1, 0.15) is 26.3 Å². The van der Waals surface area contributed by atoms with Gasteiger partial charge in [-0.05, 0) is 23.1 Å². The molecule has 0 aliphatic carbocycles. The maximum atomic E-state index is 10.8. The molecule has 0 aromatic heterocycles. The van der Waals surface area contributed by atoms with E-state index in [-0.39, 0.29) is 9.33 Å². The average Bonchev–Trinajstić information content (AvgIpc) is 2.02. The molecule has 14 heavy (non-hydrogen) atoms. The van der Waals surface area contributed by atoms with E-state index < -0.39 is 0 Å². The highest BCUT2D eigenvalue weighted by Crippen LogP contribution is 2.23. The summed E-state index contributed by atoms with van der Waals surface area (Å²) in [6.45, 7) is 6.50. The first-order valence-corrected chi connectivity index (χ1v) is 5.54. The number of anilines is 1. The number of hydrogen-bond donors (Lipinski definition) is 1. The zero-order chi connectivity index (χ0) is 10.8. The minimum Gasteiger partial charge on any atom is -0.317 e. The summed E-state index contributed by atoms with van der Waals surface area (Å²) < 4.78 is -0.0638. The predicted octanol–water partition coefficient (Wildman–Crippen LogP) is 3.95. The van der Waals surface area contributed by atoms with Gasteiger partial charge < -0.3 is 5.32 Å². The van der Waals surface area contributed by atoms with Crippen molar-refractivity contribution in [2.75, 3.05) is 5.32 Å². The van der Waals surface area contributed by atoms with E-state index in [1.807, 2.05) is 24.3 Å². The first-order chi connectivity index (χ1) is 6.39. The number of hydrogen-bond acceptors (Lipinski definition) is 1. The van der Waals surface area contributed by atoms with Crippen molar-refractivity contribution in [3.05, 3.63) is 29.8 Å². The Bertz CT molecular complexity index is 324. The normalized spacial score (nSPS) is 11.1. The molecule has 0 heterocycles. The molecule has 3 heteroatoms. The molecule has 1 rings (SSSR count). The number of amides is 1. The molecular formula is C11H14INO. The van der Waals surface area contributed by atoms with Crippen LogP contribution in [0.15, 0.2) is 24.3 Å². The molecule has 1 aromatic rings.